The molecule has 0 spiro atoms. The molecule has 0 saturated carbocycles. The summed E-state index contributed by atoms with van der Waals surface area (Å²) in [7, 11) is 0. The molecule has 1 aromatic carbocycles. The van der Waals surface area contributed by atoms with Crippen molar-refractivity contribution in [1.29, 1.82) is 5.26 Å². The van der Waals surface area contributed by atoms with Crippen LogP contribution in [0.4, 0.5) is 4.39 Å². The molecule has 0 aliphatic carbocycles. The number of nitriles is 1. The molecule has 1 fully saturated rings. The third kappa shape index (κ3) is 4.60. The monoisotopic (exact) mass is 485 g/mol. The number of aromatic nitrogens is 1. The lowest BCUT2D eigenvalue weighted by molar-refractivity contribution is -0.121. The zero-order valence-electron chi connectivity index (χ0n) is 18.1. The van der Waals surface area contributed by atoms with Gasteiger partial charge in [-0.3, -0.25) is 23.9 Å². The van der Waals surface area contributed by atoms with Crippen molar-refractivity contribution in [3.63, 3.8) is 0 Å². The minimum Gasteiger partial charge on any atom is -0.494 e. The molecule has 1 saturated heterocycles. The number of thiocarbonyl (C=S) groups is 1. The first-order valence-corrected chi connectivity index (χ1v) is 11.2. The van der Waals surface area contributed by atoms with E-state index in [0.29, 0.717) is 12.0 Å². The highest BCUT2D eigenvalue weighted by molar-refractivity contribution is 8.26. The number of hydrogen-bond donors (Lipinski definition) is 1. The number of carbonyl (C=O) groups excluding carboxylic acids is 2. The Labute approximate surface area is 199 Å². The standard InChI is InChI=1S/C23H20FN3O4S2/c1-4-12(2)27-20(29)16(10-25)13(3)19(22(27)31)17(28)11-26-21(30)18(33-23(26)32)9-14-5-7-15(24)8-6-14/h5-9,12,31H,4,11H2,1-3H3/b18-9-. The Bertz CT molecular complexity index is 1290. The zero-order valence-corrected chi connectivity index (χ0v) is 19.7. The van der Waals surface area contributed by atoms with Crippen LogP contribution in [-0.4, -0.2) is 37.1 Å². The highest BCUT2D eigenvalue weighted by Crippen LogP contribution is 2.33. The van der Waals surface area contributed by atoms with Gasteiger partial charge >= 0.3 is 0 Å². The summed E-state index contributed by atoms with van der Waals surface area (Å²) in [6.45, 7) is 4.43. The second kappa shape index (κ2) is 9.68. The Balaban J connectivity index is 1.97. The Morgan fingerprint density at radius 3 is 2.55 bits per heavy atom. The summed E-state index contributed by atoms with van der Waals surface area (Å²) in [4.78, 5) is 40.1. The first kappa shape index (κ1) is 24.4. The average Bonchev–Trinajstić information content (AvgIpc) is 3.02. The number of benzene rings is 1. The molecule has 2 aromatic rings. The van der Waals surface area contributed by atoms with Gasteiger partial charge in [-0.15, -0.1) is 0 Å². The molecule has 2 heterocycles. The number of carbonyl (C=O) groups is 2. The molecule has 1 atom stereocenters. The predicted octanol–water partition coefficient (Wildman–Crippen LogP) is 3.93. The minimum absolute atomic E-state index is 0.0526. The lowest BCUT2D eigenvalue weighted by Crippen LogP contribution is -2.35. The number of thioether (sulfide) groups is 1. The molecule has 1 N–H and O–H groups in total. The van der Waals surface area contributed by atoms with E-state index in [4.69, 9.17) is 12.2 Å². The SMILES string of the molecule is CCC(C)n1c(O)c(C(=O)CN2C(=O)/C(=C/c3ccc(F)cc3)SC2=S)c(C)c(C#N)c1=O. The van der Waals surface area contributed by atoms with Crippen LogP contribution in [0.25, 0.3) is 6.08 Å². The Kier molecular flexibility index (Phi) is 7.15. The molecule has 1 unspecified atom stereocenters. The first-order chi connectivity index (χ1) is 15.6. The van der Waals surface area contributed by atoms with E-state index in [1.165, 1.54) is 31.2 Å². The molecule has 1 aromatic heterocycles. The van der Waals surface area contributed by atoms with E-state index in [1.807, 2.05) is 6.07 Å². The van der Waals surface area contributed by atoms with E-state index < -0.39 is 41.5 Å². The van der Waals surface area contributed by atoms with Crippen LogP contribution in [0.1, 0.15) is 53.4 Å². The van der Waals surface area contributed by atoms with Crippen LogP contribution < -0.4 is 5.56 Å². The zero-order chi connectivity index (χ0) is 24.4. The number of pyridine rings is 1. The van der Waals surface area contributed by atoms with Crippen molar-refractivity contribution in [3.8, 4) is 11.9 Å². The number of amides is 1. The summed E-state index contributed by atoms with van der Waals surface area (Å²) < 4.78 is 14.3. The normalized spacial score (nSPS) is 15.7. The fourth-order valence-electron chi connectivity index (χ4n) is 3.42. The number of nitrogens with zero attached hydrogens (tertiary/aromatic N) is 3. The molecule has 1 aliphatic rings. The van der Waals surface area contributed by atoms with Crippen LogP contribution in [0, 0.1) is 24.1 Å². The molecule has 7 nitrogen and oxygen atoms in total. The van der Waals surface area contributed by atoms with Crippen molar-refractivity contribution in [2.45, 2.75) is 33.2 Å². The van der Waals surface area contributed by atoms with Gasteiger partial charge < -0.3 is 5.11 Å². The first-order valence-electron chi connectivity index (χ1n) is 10.0. The molecule has 33 heavy (non-hydrogen) atoms. The fraction of sp³-hybridized carbons (Fsp3) is 0.261. The maximum Gasteiger partial charge on any atom is 0.271 e. The van der Waals surface area contributed by atoms with Crippen molar-refractivity contribution in [2.75, 3.05) is 6.54 Å². The molecule has 1 amide bonds. The van der Waals surface area contributed by atoms with Gasteiger partial charge in [0.25, 0.3) is 11.5 Å². The summed E-state index contributed by atoms with van der Waals surface area (Å²) in [5, 5.41) is 20.2. The molecule has 0 radical (unpaired) electrons. The van der Waals surface area contributed by atoms with Gasteiger partial charge in [-0.1, -0.05) is 43.0 Å². The van der Waals surface area contributed by atoms with Crippen molar-refractivity contribution < 1.29 is 19.1 Å². The van der Waals surface area contributed by atoms with Crippen molar-refractivity contribution in [1.82, 2.24) is 9.47 Å². The van der Waals surface area contributed by atoms with Crippen LogP contribution >= 0.6 is 24.0 Å². The van der Waals surface area contributed by atoms with Crippen LogP contribution in [0.15, 0.2) is 34.0 Å². The van der Waals surface area contributed by atoms with Crippen LogP contribution in [0.2, 0.25) is 0 Å². The van der Waals surface area contributed by atoms with Gasteiger partial charge in [0.1, 0.15) is 21.8 Å². The molecule has 1 aliphatic heterocycles. The van der Waals surface area contributed by atoms with Gasteiger partial charge in [0.05, 0.1) is 17.0 Å². The van der Waals surface area contributed by atoms with Crippen LogP contribution in [-0.2, 0) is 4.79 Å². The molecular weight excluding hydrogens is 465 g/mol. The van der Waals surface area contributed by atoms with Crippen molar-refractivity contribution in [3.05, 3.63) is 67.6 Å². The number of halogens is 1. The van der Waals surface area contributed by atoms with Gasteiger partial charge in [-0.25, -0.2) is 4.39 Å². The van der Waals surface area contributed by atoms with Gasteiger partial charge in [-0.05, 0) is 49.6 Å². The highest BCUT2D eigenvalue weighted by atomic mass is 32.2. The van der Waals surface area contributed by atoms with Gasteiger partial charge in [-0.2, -0.15) is 5.26 Å². The van der Waals surface area contributed by atoms with Crippen molar-refractivity contribution in [2.24, 2.45) is 0 Å². The summed E-state index contributed by atoms with van der Waals surface area (Å²) in [6.07, 6.45) is 2.03. The van der Waals surface area contributed by atoms with Gasteiger partial charge in [0.15, 0.2) is 5.78 Å². The Morgan fingerprint density at radius 2 is 1.97 bits per heavy atom. The molecular formula is C23H20FN3O4S2. The Hall–Kier alpha value is -3.29. The van der Waals surface area contributed by atoms with E-state index in [-0.39, 0.29) is 25.9 Å². The summed E-state index contributed by atoms with van der Waals surface area (Å²) in [5.74, 6) is -2.10. The number of hydrogen-bond acceptors (Lipinski definition) is 7. The molecule has 3 rings (SSSR count). The fourth-order valence-corrected chi connectivity index (χ4v) is 4.67. The third-order valence-corrected chi connectivity index (χ3v) is 6.78. The van der Waals surface area contributed by atoms with Gasteiger partial charge in [0, 0.05) is 6.04 Å². The summed E-state index contributed by atoms with van der Waals surface area (Å²) in [5.41, 5.74) is -0.458. The molecule has 10 heteroatoms. The van der Waals surface area contributed by atoms with E-state index >= 15 is 0 Å². The van der Waals surface area contributed by atoms with E-state index in [2.05, 4.69) is 0 Å². The average molecular weight is 486 g/mol. The minimum atomic E-state index is -0.675. The third-order valence-electron chi connectivity index (χ3n) is 5.40. The van der Waals surface area contributed by atoms with Crippen molar-refractivity contribution >= 4 is 46.1 Å². The maximum atomic E-state index is 13.2. The summed E-state index contributed by atoms with van der Waals surface area (Å²) >= 11 is 6.27. The largest absolute Gasteiger partial charge is 0.494 e. The topological polar surface area (TPSA) is 103 Å². The summed E-state index contributed by atoms with van der Waals surface area (Å²) in [6, 6.07) is 6.91. The quantitative estimate of drug-likeness (QED) is 0.376. The van der Waals surface area contributed by atoms with E-state index in [1.54, 1.807) is 19.9 Å². The van der Waals surface area contributed by atoms with E-state index in [0.717, 1.165) is 21.2 Å². The van der Waals surface area contributed by atoms with E-state index in [9.17, 15) is 29.1 Å². The Morgan fingerprint density at radius 1 is 1.33 bits per heavy atom. The van der Waals surface area contributed by atoms with Crippen LogP contribution in [0.5, 0.6) is 5.88 Å². The molecule has 0 bridgehead atoms. The van der Waals surface area contributed by atoms with Gasteiger partial charge in [0.2, 0.25) is 5.88 Å². The highest BCUT2D eigenvalue weighted by Gasteiger charge is 2.35. The number of aromatic hydroxyl groups is 1. The number of ketones is 1. The number of rotatable bonds is 6. The van der Waals surface area contributed by atoms with Crippen LogP contribution in [0.3, 0.4) is 0 Å². The molecule has 170 valence electrons. The number of Topliss-reactive ketones (excluding diaryl/α,β-unsaturated/α-hetero) is 1. The maximum absolute atomic E-state index is 13.2. The second-order valence-electron chi connectivity index (χ2n) is 7.49. The lowest BCUT2D eigenvalue weighted by atomic mass is 10.0. The second-order valence-corrected chi connectivity index (χ2v) is 9.16. The smallest absolute Gasteiger partial charge is 0.271 e. The lowest BCUT2D eigenvalue weighted by Gasteiger charge is -2.21. The predicted molar refractivity (Wildman–Crippen MR) is 127 cm³/mol.